The van der Waals surface area contributed by atoms with Crippen LogP contribution in [0.3, 0.4) is 0 Å². The highest BCUT2D eigenvalue weighted by atomic mass is 16.5. The van der Waals surface area contributed by atoms with Gasteiger partial charge in [0.2, 0.25) is 0 Å². The van der Waals surface area contributed by atoms with Crippen molar-refractivity contribution < 1.29 is 4.74 Å². The normalized spacial score (nSPS) is 35.8. The highest BCUT2D eigenvalue weighted by molar-refractivity contribution is 4.79. The average Bonchev–Trinajstić information content (AvgIpc) is 2.36. The molecule has 0 aromatic rings. The largest absolute Gasteiger partial charge is 0.374 e. The summed E-state index contributed by atoms with van der Waals surface area (Å²) in [6.45, 7) is 12.4. The van der Waals surface area contributed by atoms with Gasteiger partial charge in [0.25, 0.3) is 0 Å². The van der Waals surface area contributed by atoms with Crippen molar-refractivity contribution in [3.05, 3.63) is 0 Å². The van der Waals surface area contributed by atoms with Crippen LogP contribution in [-0.4, -0.2) is 74.9 Å². The van der Waals surface area contributed by atoms with Gasteiger partial charge in [0.15, 0.2) is 0 Å². The average molecular weight is 269 g/mol. The van der Waals surface area contributed by atoms with Gasteiger partial charge in [-0.15, -0.1) is 0 Å². The summed E-state index contributed by atoms with van der Waals surface area (Å²) in [7, 11) is 2.20. The van der Waals surface area contributed by atoms with Crippen LogP contribution in [0.4, 0.5) is 0 Å². The molecule has 0 aromatic heterocycles. The van der Waals surface area contributed by atoms with Crippen LogP contribution >= 0.6 is 0 Å². The van der Waals surface area contributed by atoms with Crippen molar-refractivity contribution in [3.63, 3.8) is 0 Å². The van der Waals surface area contributed by atoms with Crippen LogP contribution < -0.4 is 5.32 Å². The zero-order valence-corrected chi connectivity index (χ0v) is 12.9. The van der Waals surface area contributed by atoms with E-state index in [1.54, 1.807) is 0 Å². The summed E-state index contributed by atoms with van der Waals surface area (Å²) in [5, 5.41) is 3.69. The molecule has 1 N–H and O–H groups in total. The summed E-state index contributed by atoms with van der Waals surface area (Å²) in [6, 6.07) is 0.695. The summed E-state index contributed by atoms with van der Waals surface area (Å²) in [6.07, 6.45) is 2.91. The van der Waals surface area contributed by atoms with E-state index in [0.717, 1.165) is 38.7 Å². The topological polar surface area (TPSA) is 27.7 Å². The van der Waals surface area contributed by atoms with Crippen LogP contribution in [0.2, 0.25) is 0 Å². The summed E-state index contributed by atoms with van der Waals surface area (Å²) in [5.74, 6) is 0.732. The fourth-order valence-corrected chi connectivity index (χ4v) is 3.18. The molecule has 3 atom stereocenters. The molecular formula is C15H31N3O. The Morgan fingerprint density at radius 3 is 2.84 bits per heavy atom. The van der Waals surface area contributed by atoms with Crippen molar-refractivity contribution in [3.8, 4) is 0 Å². The third kappa shape index (κ3) is 5.03. The molecule has 0 radical (unpaired) electrons. The molecule has 2 fully saturated rings. The molecule has 0 amide bonds. The molecule has 0 spiro atoms. The molecule has 112 valence electrons. The third-order valence-corrected chi connectivity index (χ3v) is 4.42. The van der Waals surface area contributed by atoms with Crippen LogP contribution in [0, 0.1) is 5.92 Å². The number of nitrogens with one attached hydrogen (secondary N) is 1. The van der Waals surface area contributed by atoms with E-state index in [9.17, 15) is 0 Å². The maximum atomic E-state index is 5.91. The maximum Gasteiger partial charge on any atom is 0.0829 e. The van der Waals surface area contributed by atoms with Crippen LogP contribution in [0.15, 0.2) is 0 Å². The highest BCUT2D eigenvalue weighted by Crippen LogP contribution is 2.12. The highest BCUT2D eigenvalue weighted by Gasteiger charge is 2.23. The van der Waals surface area contributed by atoms with Gasteiger partial charge in [-0.1, -0.05) is 13.8 Å². The molecule has 0 saturated carbocycles. The number of likely N-dealkylation sites (N-methyl/N-ethyl adjacent to an activating group) is 1. The van der Waals surface area contributed by atoms with Crippen molar-refractivity contribution in [1.29, 1.82) is 0 Å². The van der Waals surface area contributed by atoms with E-state index in [2.05, 4.69) is 36.0 Å². The lowest BCUT2D eigenvalue weighted by Crippen LogP contribution is -2.49. The van der Waals surface area contributed by atoms with E-state index < -0.39 is 0 Å². The lowest BCUT2D eigenvalue weighted by molar-refractivity contribution is -0.0382. The van der Waals surface area contributed by atoms with E-state index in [0.29, 0.717) is 12.1 Å². The van der Waals surface area contributed by atoms with Crippen molar-refractivity contribution >= 4 is 0 Å². The van der Waals surface area contributed by atoms with Gasteiger partial charge >= 0.3 is 0 Å². The van der Waals surface area contributed by atoms with Gasteiger partial charge in [-0.25, -0.2) is 0 Å². The van der Waals surface area contributed by atoms with Crippen molar-refractivity contribution in [2.45, 2.75) is 38.8 Å². The molecule has 2 saturated heterocycles. The molecule has 4 heteroatoms. The summed E-state index contributed by atoms with van der Waals surface area (Å²) >= 11 is 0. The third-order valence-electron chi connectivity index (χ3n) is 4.42. The molecule has 2 aliphatic heterocycles. The summed E-state index contributed by atoms with van der Waals surface area (Å²) < 4.78 is 5.91. The predicted octanol–water partition coefficient (Wildman–Crippen LogP) is 1.03. The zero-order chi connectivity index (χ0) is 13.7. The molecule has 19 heavy (non-hydrogen) atoms. The molecule has 0 bridgehead atoms. The Labute approximate surface area is 118 Å². The minimum absolute atomic E-state index is 0.401. The number of hydrogen-bond acceptors (Lipinski definition) is 4. The first-order valence-electron chi connectivity index (χ1n) is 7.93. The predicted molar refractivity (Wildman–Crippen MR) is 79.5 cm³/mol. The number of hydrogen-bond donors (Lipinski definition) is 1. The number of rotatable bonds is 3. The van der Waals surface area contributed by atoms with Crippen molar-refractivity contribution in [2.75, 3.05) is 52.9 Å². The SMILES string of the molecule is CCC1CCN(CC2CN(C)CCO2)CC(C)CN1. The Kier molecular flexibility index (Phi) is 6.07. The van der Waals surface area contributed by atoms with E-state index in [1.807, 2.05) is 0 Å². The first kappa shape index (κ1) is 15.2. The summed E-state index contributed by atoms with van der Waals surface area (Å²) in [5.41, 5.74) is 0. The number of ether oxygens (including phenoxy) is 1. The standard InChI is InChI=1S/C15H31N3O/c1-4-14-5-6-18(10-13(2)9-16-14)12-15-11-17(3)7-8-19-15/h13-16H,4-12H2,1-3H3. The quantitative estimate of drug-likeness (QED) is 0.828. The number of morpholine rings is 1. The first-order valence-corrected chi connectivity index (χ1v) is 7.93. The van der Waals surface area contributed by atoms with E-state index in [4.69, 9.17) is 4.74 Å². The van der Waals surface area contributed by atoms with Crippen LogP contribution in [0.5, 0.6) is 0 Å². The van der Waals surface area contributed by atoms with E-state index in [1.165, 1.54) is 25.9 Å². The Balaban J connectivity index is 1.83. The first-order chi connectivity index (χ1) is 9.17. The van der Waals surface area contributed by atoms with Gasteiger partial charge in [-0.3, -0.25) is 0 Å². The minimum atomic E-state index is 0.401. The molecule has 0 aromatic carbocycles. The van der Waals surface area contributed by atoms with E-state index in [-0.39, 0.29) is 0 Å². The Hall–Kier alpha value is -0.160. The van der Waals surface area contributed by atoms with Gasteiger partial charge in [-0.05, 0) is 38.9 Å². The molecular weight excluding hydrogens is 238 g/mol. The smallest absolute Gasteiger partial charge is 0.0829 e. The lowest BCUT2D eigenvalue weighted by atomic mass is 10.0. The molecule has 2 rings (SSSR count). The van der Waals surface area contributed by atoms with Gasteiger partial charge < -0.3 is 19.9 Å². The fraction of sp³-hybridized carbons (Fsp3) is 1.00. The van der Waals surface area contributed by atoms with Crippen LogP contribution in [0.1, 0.15) is 26.7 Å². The van der Waals surface area contributed by atoms with Gasteiger partial charge in [-0.2, -0.15) is 0 Å². The fourth-order valence-electron chi connectivity index (χ4n) is 3.18. The second-order valence-electron chi connectivity index (χ2n) is 6.42. The Morgan fingerprint density at radius 1 is 1.26 bits per heavy atom. The Morgan fingerprint density at radius 2 is 2.11 bits per heavy atom. The minimum Gasteiger partial charge on any atom is -0.374 e. The maximum absolute atomic E-state index is 5.91. The van der Waals surface area contributed by atoms with Crippen LogP contribution in [0.25, 0.3) is 0 Å². The molecule has 0 aliphatic carbocycles. The van der Waals surface area contributed by atoms with Crippen LogP contribution in [-0.2, 0) is 4.74 Å². The molecule has 2 heterocycles. The molecule has 2 aliphatic rings. The lowest BCUT2D eigenvalue weighted by Gasteiger charge is -2.37. The second-order valence-corrected chi connectivity index (χ2v) is 6.42. The van der Waals surface area contributed by atoms with Crippen molar-refractivity contribution in [2.24, 2.45) is 5.92 Å². The zero-order valence-electron chi connectivity index (χ0n) is 12.9. The van der Waals surface area contributed by atoms with E-state index >= 15 is 0 Å². The Bertz CT molecular complexity index is 262. The number of nitrogens with zero attached hydrogens (tertiary/aromatic N) is 2. The van der Waals surface area contributed by atoms with Gasteiger partial charge in [0, 0.05) is 32.2 Å². The molecule has 3 unspecified atom stereocenters. The monoisotopic (exact) mass is 269 g/mol. The van der Waals surface area contributed by atoms with Gasteiger partial charge in [0.1, 0.15) is 0 Å². The van der Waals surface area contributed by atoms with Gasteiger partial charge in [0.05, 0.1) is 12.7 Å². The molecule has 4 nitrogen and oxygen atoms in total. The van der Waals surface area contributed by atoms with Crippen molar-refractivity contribution in [1.82, 2.24) is 15.1 Å². The summed E-state index contributed by atoms with van der Waals surface area (Å²) in [4.78, 5) is 5.01. The second kappa shape index (κ2) is 7.58.